The Morgan fingerprint density at radius 1 is 1.39 bits per heavy atom. The molecule has 0 saturated heterocycles. The van der Waals surface area contributed by atoms with E-state index in [1.807, 2.05) is 24.3 Å². The summed E-state index contributed by atoms with van der Waals surface area (Å²) in [4.78, 5) is 11.1. The van der Waals surface area contributed by atoms with Crippen LogP contribution in [0.3, 0.4) is 0 Å². The van der Waals surface area contributed by atoms with Crippen molar-refractivity contribution in [1.82, 2.24) is 5.43 Å². The zero-order valence-corrected chi connectivity index (χ0v) is 11.0. The van der Waals surface area contributed by atoms with Gasteiger partial charge in [0.1, 0.15) is 5.75 Å². The lowest BCUT2D eigenvalue weighted by Crippen LogP contribution is -2.16. The maximum absolute atomic E-state index is 11.1. The molecule has 0 aliphatic carbocycles. The zero-order valence-electron chi connectivity index (χ0n) is 10.3. The Labute approximate surface area is 111 Å². The molecule has 0 radical (unpaired) electrons. The molecule has 0 heterocycles. The summed E-state index contributed by atoms with van der Waals surface area (Å²) >= 11 is 5.62. The van der Waals surface area contributed by atoms with Crippen LogP contribution >= 0.6 is 11.6 Å². The number of nitrogens with zero attached hydrogens (tertiary/aromatic N) is 1. The van der Waals surface area contributed by atoms with Gasteiger partial charge in [-0.25, -0.2) is 4.79 Å². The van der Waals surface area contributed by atoms with Crippen molar-refractivity contribution < 1.29 is 14.3 Å². The lowest BCUT2D eigenvalue weighted by Gasteiger charge is -2.04. The highest BCUT2D eigenvalue weighted by atomic mass is 35.5. The summed E-state index contributed by atoms with van der Waals surface area (Å²) in [7, 11) is 1.61. The van der Waals surface area contributed by atoms with Crippen LogP contribution in [-0.4, -0.2) is 24.9 Å². The van der Waals surface area contributed by atoms with Gasteiger partial charge in [-0.15, -0.1) is 0 Å². The van der Waals surface area contributed by atoms with Crippen LogP contribution in [0.1, 0.15) is 12.5 Å². The van der Waals surface area contributed by atoms with E-state index in [1.165, 1.54) is 0 Å². The molecular formula is C12H15ClN2O3. The molecule has 0 aliphatic heterocycles. The predicted octanol–water partition coefficient (Wildman–Crippen LogP) is 1.90. The van der Waals surface area contributed by atoms with Crippen molar-refractivity contribution in [3.05, 3.63) is 29.8 Å². The minimum absolute atomic E-state index is 0.217. The van der Waals surface area contributed by atoms with Gasteiger partial charge >= 0.3 is 5.97 Å². The van der Waals surface area contributed by atoms with Crippen LogP contribution in [0.5, 0.6) is 5.75 Å². The summed E-state index contributed by atoms with van der Waals surface area (Å²) in [6, 6.07) is 7.46. The Hall–Kier alpha value is -1.75. The first kappa shape index (κ1) is 14.3. The van der Waals surface area contributed by atoms with Crippen LogP contribution < -0.4 is 10.2 Å². The molecule has 0 bridgehead atoms. The Bertz CT molecular complexity index is 418. The van der Waals surface area contributed by atoms with Crippen LogP contribution in [0.4, 0.5) is 0 Å². The first-order valence-corrected chi connectivity index (χ1v) is 5.81. The molecule has 6 heteroatoms. The highest BCUT2D eigenvalue weighted by Crippen LogP contribution is 2.10. The first-order chi connectivity index (χ1) is 8.67. The van der Waals surface area contributed by atoms with Gasteiger partial charge in [0, 0.05) is 0 Å². The number of hydrogen-bond acceptors (Lipinski definition) is 5. The van der Waals surface area contributed by atoms with Crippen molar-refractivity contribution in [3.63, 3.8) is 0 Å². The number of esters is 1. The van der Waals surface area contributed by atoms with Gasteiger partial charge in [-0.1, -0.05) is 23.7 Å². The highest BCUT2D eigenvalue weighted by molar-refractivity contribution is 6.81. The molecule has 0 aromatic heterocycles. The van der Waals surface area contributed by atoms with Gasteiger partial charge in [0.15, 0.2) is 0 Å². The third-order valence-corrected chi connectivity index (χ3v) is 2.30. The summed E-state index contributed by atoms with van der Waals surface area (Å²) in [5.41, 5.74) is 3.69. The third kappa shape index (κ3) is 4.63. The van der Waals surface area contributed by atoms with Gasteiger partial charge in [-0.3, -0.25) is 0 Å². The van der Waals surface area contributed by atoms with Crippen LogP contribution in [0.25, 0.3) is 0 Å². The number of methoxy groups -OCH3 is 1. The highest BCUT2D eigenvalue weighted by Gasteiger charge is 2.08. The number of nitrogens with one attached hydrogen (secondary N) is 1. The second-order valence-electron chi connectivity index (χ2n) is 3.31. The van der Waals surface area contributed by atoms with Crippen molar-refractivity contribution >= 4 is 22.7 Å². The second-order valence-corrected chi connectivity index (χ2v) is 3.66. The van der Waals surface area contributed by atoms with Crippen LogP contribution in [0.2, 0.25) is 0 Å². The molecule has 0 aliphatic rings. The summed E-state index contributed by atoms with van der Waals surface area (Å²) in [6.07, 6.45) is 0. The fourth-order valence-corrected chi connectivity index (χ4v) is 1.29. The van der Waals surface area contributed by atoms with Gasteiger partial charge in [0.05, 0.1) is 20.3 Å². The minimum atomic E-state index is -0.638. The van der Waals surface area contributed by atoms with E-state index in [0.717, 1.165) is 11.3 Å². The molecule has 0 fully saturated rings. The Balaban J connectivity index is 2.44. The van der Waals surface area contributed by atoms with Crippen molar-refractivity contribution in [3.8, 4) is 5.75 Å². The Morgan fingerprint density at radius 3 is 2.61 bits per heavy atom. The number of halogens is 1. The molecule has 98 valence electrons. The van der Waals surface area contributed by atoms with E-state index in [4.69, 9.17) is 16.3 Å². The average molecular weight is 271 g/mol. The monoisotopic (exact) mass is 270 g/mol. The number of benzene rings is 1. The van der Waals surface area contributed by atoms with Crippen LogP contribution in [0.15, 0.2) is 29.4 Å². The number of hydrogen-bond donors (Lipinski definition) is 1. The van der Waals surface area contributed by atoms with Crippen molar-refractivity contribution in [2.24, 2.45) is 5.10 Å². The number of ether oxygens (including phenoxy) is 2. The topological polar surface area (TPSA) is 59.9 Å². The zero-order chi connectivity index (χ0) is 13.4. The summed E-state index contributed by atoms with van der Waals surface area (Å²) in [5, 5.41) is 3.49. The lowest BCUT2D eigenvalue weighted by atomic mass is 10.2. The summed E-state index contributed by atoms with van der Waals surface area (Å²) in [5.74, 6) is 0.146. The van der Waals surface area contributed by atoms with E-state index in [2.05, 4.69) is 15.3 Å². The number of hydrazone groups is 1. The van der Waals surface area contributed by atoms with E-state index in [-0.39, 0.29) is 11.8 Å². The predicted molar refractivity (Wildman–Crippen MR) is 69.8 cm³/mol. The molecule has 1 aromatic rings. The largest absolute Gasteiger partial charge is 0.497 e. The van der Waals surface area contributed by atoms with E-state index in [0.29, 0.717) is 6.54 Å². The first-order valence-electron chi connectivity index (χ1n) is 5.43. The van der Waals surface area contributed by atoms with Gasteiger partial charge in [0.2, 0.25) is 5.17 Å². The van der Waals surface area contributed by atoms with Gasteiger partial charge in [0.25, 0.3) is 0 Å². The van der Waals surface area contributed by atoms with E-state index in [1.54, 1.807) is 14.0 Å². The molecule has 0 saturated carbocycles. The molecule has 1 aromatic carbocycles. The molecule has 0 atom stereocenters. The smallest absolute Gasteiger partial charge is 0.370 e. The molecule has 1 rings (SSSR count). The summed E-state index contributed by atoms with van der Waals surface area (Å²) < 4.78 is 9.72. The van der Waals surface area contributed by atoms with Crippen molar-refractivity contribution in [2.75, 3.05) is 13.7 Å². The minimum Gasteiger partial charge on any atom is -0.497 e. The molecule has 0 spiro atoms. The number of rotatable bonds is 6. The molecular weight excluding hydrogens is 256 g/mol. The van der Waals surface area contributed by atoms with E-state index < -0.39 is 5.97 Å². The Kier molecular flexibility index (Phi) is 6.00. The third-order valence-electron chi connectivity index (χ3n) is 2.06. The number of carbonyl (C=O) groups is 1. The molecule has 0 amide bonds. The van der Waals surface area contributed by atoms with Gasteiger partial charge in [-0.2, -0.15) is 5.10 Å². The van der Waals surface area contributed by atoms with Crippen molar-refractivity contribution in [2.45, 2.75) is 13.5 Å². The molecule has 0 unspecified atom stereocenters. The standard InChI is InChI=1S/C12H15ClN2O3/c1-3-18-12(16)11(13)15-14-8-9-4-6-10(17-2)7-5-9/h4-7,14H,3,8H2,1-2H3. The fourth-order valence-electron chi connectivity index (χ4n) is 1.18. The van der Waals surface area contributed by atoms with E-state index in [9.17, 15) is 4.79 Å². The van der Waals surface area contributed by atoms with Crippen LogP contribution in [-0.2, 0) is 16.1 Å². The average Bonchev–Trinajstić information content (AvgIpc) is 2.39. The molecule has 5 nitrogen and oxygen atoms in total. The number of carbonyl (C=O) groups excluding carboxylic acids is 1. The fraction of sp³-hybridized carbons (Fsp3) is 0.333. The van der Waals surface area contributed by atoms with Gasteiger partial charge in [-0.05, 0) is 24.6 Å². The van der Waals surface area contributed by atoms with Gasteiger partial charge < -0.3 is 14.9 Å². The second kappa shape index (κ2) is 7.55. The maximum atomic E-state index is 11.1. The summed E-state index contributed by atoms with van der Waals surface area (Å²) in [6.45, 7) is 2.43. The molecule has 1 N–H and O–H groups in total. The van der Waals surface area contributed by atoms with E-state index >= 15 is 0 Å². The Morgan fingerprint density at radius 2 is 2.06 bits per heavy atom. The van der Waals surface area contributed by atoms with Crippen molar-refractivity contribution in [1.29, 1.82) is 0 Å². The maximum Gasteiger partial charge on any atom is 0.370 e. The quantitative estimate of drug-likeness (QED) is 0.487. The molecule has 18 heavy (non-hydrogen) atoms. The van der Waals surface area contributed by atoms with Crippen LogP contribution in [0, 0.1) is 0 Å². The lowest BCUT2D eigenvalue weighted by molar-refractivity contribution is -0.134. The normalized spacial score (nSPS) is 10.9. The SMILES string of the molecule is CCOC(=O)C(Cl)=NNCc1ccc(OC)cc1.